The Kier molecular flexibility index (Phi) is 4.73. The summed E-state index contributed by atoms with van der Waals surface area (Å²) in [4.78, 5) is 4.98. The molecule has 2 aromatic carbocycles. The van der Waals surface area contributed by atoms with Crippen LogP contribution in [0, 0.1) is 5.92 Å². The molecular formula is C20H17Br2NOS. The minimum Gasteiger partial charge on any atom is -0.497 e. The van der Waals surface area contributed by atoms with Crippen molar-refractivity contribution in [2.24, 2.45) is 5.92 Å². The van der Waals surface area contributed by atoms with Crippen LogP contribution in [0.1, 0.15) is 6.92 Å². The summed E-state index contributed by atoms with van der Waals surface area (Å²) in [5.74, 6) is 1.28. The maximum atomic E-state index is 5.41. The molecule has 25 heavy (non-hydrogen) atoms. The Morgan fingerprint density at radius 2 is 1.60 bits per heavy atom. The Morgan fingerprint density at radius 3 is 2.12 bits per heavy atom. The molecule has 5 heteroatoms. The number of halogens is 2. The molecule has 0 bridgehead atoms. The lowest BCUT2D eigenvalue weighted by Gasteiger charge is -2.40. The summed E-state index contributed by atoms with van der Waals surface area (Å²) in [6.07, 6.45) is 6.52. The normalized spacial score (nSPS) is 21.4. The lowest BCUT2D eigenvalue weighted by Crippen LogP contribution is -2.37. The number of fused-ring (bicyclic) bond motifs is 2. The number of hydrogen-bond donors (Lipinski definition) is 0. The van der Waals surface area contributed by atoms with Crippen LogP contribution >= 0.6 is 43.6 Å². The highest BCUT2D eigenvalue weighted by atomic mass is 79.9. The number of methoxy groups -OCH3 is 1. The van der Waals surface area contributed by atoms with Crippen LogP contribution in [0.5, 0.6) is 0 Å². The summed E-state index contributed by atoms with van der Waals surface area (Å²) < 4.78 is 7.61. The molecule has 4 rings (SSSR count). The highest BCUT2D eigenvalue weighted by Crippen LogP contribution is 2.51. The summed E-state index contributed by atoms with van der Waals surface area (Å²) in [6, 6.07) is 13.3. The maximum Gasteiger partial charge on any atom is 0.114 e. The SMILES string of the molecule is COC1=CC(C)C(N2c3ccc(Br)cc3Sc3cc(Br)ccc32)C=C1. The van der Waals surface area contributed by atoms with Crippen molar-refractivity contribution in [2.45, 2.75) is 22.8 Å². The Labute approximate surface area is 169 Å². The van der Waals surface area contributed by atoms with E-state index >= 15 is 0 Å². The van der Waals surface area contributed by atoms with Crippen LogP contribution in [0.15, 0.2) is 79.1 Å². The van der Waals surface area contributed by atoms with E-state index in [0.29, 0.717) is 5.92 Å². The van der Waals surface area contributed by atoms with Crippen molar-refractivity contribution in [3.63, 3.8) is 0 Å². The van der Waals surface area contributed by atoms with Gasteiger partial charge in [-0.25, -0.2) is 0 Å². The lowest BCUT2D eigenvalue weighted by atomic mass is 9.93. The van der Waals surface area contributed by atoms with Crippen molar-refractivity contribution in [3.05, 3.63) is 69.3 Å². The average molecular weight is 479 g/mol. The highest BCUT2D eigenvalue weighted by molar-refractivity contribution is 9.10. The van der Waals surface area contributed by atoms with Gasteiger partial charge >= 0.3 is 0 Å². The first kappa shape index (κ1) is 17.3. The van der Waals surface area contributed by atoms with Gasteiger partial charge in [0.05, 0.1) is 24.5 Å². The summed E-state index contributed by atoms with van der Waals surface area (Å²) in [6.45, 7) is 2.24. The van der Waals surface area contributed by atoms with Crippen LogP contribution in [0.4, 0.5) is 11.4 Å². The fraction of sp³-hybridized carbons (Fsp3) is 0.200. The van der Waals surface area contributed by atoms with Gasteiger partial charge in [0, 0.05) is 24.7 Å². The van der Waals surface area contributed by atoms with Gasteiger partial charge in [0.1, 0.15) is 5.76 Å². The molecule has 0 saturated heterocycles. The van der Waals surface area contributed by atoms with Gasteiger partial charge in [-0.1, -0.05) is 56.6 Å². The zero-order valence-electron chi connectivity index (χ0n) is 13.9. The molecule has 0 saturated carbocycles. The van der Waals surface area contributed by atoms with Crippen molar-refractivity contribution in [3.8, 4) is 0 Å². The molecular weight excluding hydrogens is 462 g/mol. The fourth-order valence-electron chi connectivity index (χ4n) is 3.35. The van der Waals surface area contributed by atoms with E-state index in [1.807, 2.05) is 11.8 Å². The van der Waals surface area contributed by atoms with Crippen LogP contribution in [0.25, 0.3) is 0 Å². The molecule has 1 aliphatic carbocycles. The molecule has 1 aliphatic heterocycles. The van der Waals surface area contributed by atoms with Crippen molar-refractivity contribution < 1.29 is 4.74 Å². The Balaban J connectivity index is 1.85. The number of nitrogens with zero attached hydrogens (tertiary/aromatic N) is 1. The van der Waals surface area contributed by atoms with Crippen LogP contribution < -0.4 is 4.90 Å². The van der Waals surface area contributed by atoms with E-state index in [0.717, 1.165) is 14.7 Å². The average Bonchev–Trinajstić information content (AvgIpc) is 2.59. The van der Waals surface area contributed by atoms with Gasteiger partial charge in [-0.15, -0.1) is 0 Å². The minimum atomic E-state index is 0.250. The predicted octanol–water partition coefficient (Wildman–Crippen LogP) is 6.92. The molecule has 0 fully saturated rings. The van der Waals surface area contributed by atoms with Crippen LogP contribution in [0.2, 0.25) is 0 Å². The van der Waals surface area contributed by atoms with E-state index in [1.54, 1.807) is 7.11 Å². The number of allylic oxidation sites excluding steroid dienone is 1. The quantitative estimate of drug-likeness (QED) is 0.464. The molecule has 0 radical (unpaired) electrons. The second kappa shape index (κ2) is 6.86. The van der Waals surface area contributed by atoms with E-state index in [9.17, 15) is 0 Å². The van der Waals surface area contributed by atoms with Crippen molar-refractivity contribution in [1.82, 2.24) is 0 Å². The fourth-order valence-corrected chi connectivity index (χ4v) is 5.52. The highest BCUT2D eigenvalue weighted by Gasteiger charge is 2.32. The summed E-state index contributed by atoms with van der Waals surface area (Å²) in [5, 5.41) is 0. The van der Waals surface area contributed by atoms with Crippen molar-refractivity contribution in [1.29, 1.82) is 0 Å². The number of anilines is 2. The predicted molar refractivity (Wildman–Crippen MR) is 112 cm³/mol. The van der Waals surface area contributed by atoms with Gasteiger partial charge in [-0.2, -0.15) is 0 Å². The van der Waals surface area contributed by atoms with E-state index in [2.05, 4.69) is 98.3 Å². The minimum absolute atomic E-state index is 0.250. The first-order valence-electron chi connectivity index (χ1n) is 8.07. The molecule has 0 N–H and O–H groups in total. The molecule has 0 amide bonds. The summed E-state index contributed by atoms with van der Waals surface area (Å²) >= 11 is 9.04. The molecule has 2 unspecified atom stereocenters. The van der Waals surface area contributed by atoms with E-state index in [-0.39, 0.29) is 6.04 Å². The van der Waals surface area contributed by atoms with Gasteiger partial charge in [0.2, 0.25) is 0 Å². The standard InChI is InChI=1S/C20H17Br2NOS/c1-12-9-15(24-2)5-8-16(12)23-17-6-3-13(21)10-19(17)25-20-11-14(22)4-7-18(20)23/h3-12,16H,1-2H3. The number of rotatable bonds is 2. The molecule has 2 atom stereocenters. The van der Waals surface area contributed by atoms with Gasteiger partial charge < -0.3 is 9.64 Å². The van der Waals surface area contributed by atoms with Crippen LogP contribution in [0.3, 0.4) is 0 Å². The van der Waals surface area contributed by atoms with E-state index in [4.69, 9.17) is 4.74 Å². The number of ether oxygens (including phenoxy) is 1. The largest absolute Gasteiger partial charge is 0.497 e. The summed E-state index contributed by atoms with van der Waals surface area (Å²) in [7, 11) is 1.72. The Bertz CT molecular complexity index is 842. The molecule has 0 aromatic heterocycles. The molecule has 2 aliphatic rings. The lowest BCUT2D eigenvalue weighted by molar-refractivity contribution is 0.298. The van der Waals surface area contributed by atoms with E-state index < -0.39 is 0 Å². The number of hydrogen-bond acceptors (Lipinski definition) is 3. The Hall–Kier alpha value is -1.17. The van der Waals surface area contributed by atoms with Crippen LogP contribution in [-0.4, -0.2) is 13.2 Å². The topological polar surface area (TPSA) is 12.5 Å². The van der Waals surface area contributed by atoms with E-state index in [1.165, 1.54) is 21.2 Å². The third kappa shape index (κ3) is 3.18. The summed E-state index contributed by atoms with van der Waals surface area (Å²) in [5.41, 5.74) is 2.50. The third-order valence-electron chi connectivity index (χ3n) is 4.54. The maximum absolute atomic E-state index is 5.41. The smallest absolute Gasteiger partial charge is 0.114 e. The molecule has 2 nitrogen and oxygen atoms in total. The molecule has 2 aromatic rings. The van der Waals surface area contributed by atoms with Crippen molar-refractivity contribution in [2.75, 3.05) is 12.0 Å². The first-order chi connectivity index (χ1) is 12.1. The van der Waals surface area contributed by atoms with Gasteiger partial charge in [-0.3, -0.25) is 0 Å². The van der Waals surface area contributed by atoms with Gasteiger partial charge in [0.15, 0.2) is 0 Å². The molecule has 0 spiro atoms. The second-order valence-corrected chi connectivity index (χ2v) is 9.09. The zero-order chi connectivity index (χ0) is 17.6. The van der Waals surface area contributed by atoms with Gasteiger partial charge in [0.25, 0.3) is 0 Å². The Morgan fingerprint density at radius 1 is 1.00 bits per heavy atom. The first-order valence-corrected chi connectivity index (χ1v) is 10.5. The third-order valence-corrected chi connectivity index (χ3v) is 6.62. The van der Waals surface area contributed by atoms with Crippen LogP contribution in [-0.2, 0) is 4.74 Å². The second-order valence-electron chi connectivity index (χ2n) is 6.18. The van der Waals surface area contributed by atoms with Gasteiger partial charge in [-0.05, 0) is 48.6 Å². The number of benzene rings is 2. The molecule has 1 heterocycles. The van der Waals surface area contributed by atoms with Crippen molar-refractivity contribution >= 4 is 55.0 Å². The monoisotopic (exact) mass is 477 g/mol. The molecule has 128 valence electrons. The zero-order valence-corrected chi connectivity index (χ0v) is 17.9.